The Labute approximate surface area is 108 Å². The van der Waals surface area contributed by atoms with Crippen molar-refractivity contribution in [3.8, 4) is 0 Å². The molecule has 0 spiro atoms. The van der Waals surface area contributed by atoms with Crippen LogP contribution in [0.1, 0.15) is 19.4 Å². The van der Waals surface area contributed by atoms with E-state index >= 15 is 0 Å². The number of anilines is 1. The van der Waals surface area contributed by atoms with E-state index < -0.39 is 15.6 Å². The number of methoxy groups -OCH3 is 1. The lowest BCUT2D eigenvalue weighted by atomic mass is 10.1. The van der Waals surface area contributed by atoms with Crippen molar-refractivity contribution in [3.05, 3.63) is 29.8 Å². The Balaban J connectivity index is 2.80. The van der Waals surface area contributed by atoms with Crippen LogP contribution in [0.3, 0.4) is 0 Å². The van der Waals surface area contributed by atoms with Gasteiger partial charge < -0.3 is 10.5 Å². The summed E-state index contributed by atoms with van der Waals surface area (Å²) >= 11 is 0. The molecule has 0 heterocycles. The molecule has 0 saturated carbocycles. The van der Waals surface area contributed by atoms with Gasteiger partial charge in [-0.15, -0.1) is 0 Å². The van der Waals surface area contributed by atoms with Gasteiger partial charge in [0, 0.05) is 12.8 Å². The molecule has 0 bridgehead atoms. The van der Waals surface area contributed by atoms with Crippen molar-refractivity contribution >= 4 is 15.7 Å². The average molecular weight is 272 g/mol. The van der Waals surface area contributed by atoms with E-state index in [0.717, 1.165) is 0 Å². The van der Waals surface area contributed by atoms with Gasteiger partial charge in [-0.3, -0.25) is 0 Å². The minimum Gasteiger partial charge on any atom is -0.398 e. The smallest absolute Gasteiger partial charge is 0.216 e. The number of para-hydroxylation sites is 1. The van der Waals surface area contributed by atoms with Crippen molar-refractivity contribution in [2.45, 2.75) is 25.1 Å². The van der Waals surface area contributed by atoms with Gasteiger partial charge in [-0.25, -0.2) is 13.1 Å². The normalized spacial score (nSPS) is 12.6. The minimum absolute atomic E-state index is 0.132. The van der Waals surface area contributed by atoms with Crippen LogP contribution in [-0.2, 0) is 20.5 Å². The molecule has 18 heavy (non-hydrogen) atoms. The fourth-order valence-electron chi connectivity index (χ4n) is 1.72. The molecule has 0 amide bonds. The zero-order valence-electron chi connectivity index (χ0n) is 10.9. The molecule has 0 aromatic heterocycles. The molecule has 5 nitrogen and oxygen atoms in total. The Morgan fingerprint density at radius 3 is 2.50 bits per heavy atom. The lowest BCUT2D eigenvalue weighted by molar-refractivity contribution is 0.141. The van der Waals surface area contributed by atoms with E-state index in [2.05, 4.69) is 4.72 Å². The second-order valence-electron chi connectivity index (χ2n) is 4.88. The third-order valence-corrected chi connectivity index (χ3v) is 3.89. The molecular weight excluding hydrogens is 252 g/mol. The van der Waals surface area contributed by atoms with Crippen LogP contribution in [0.5, 0.6) is 0 Å². The highest BCUT2D eigenvalue weighted by Crippen LogP contribution is 2.15. The largest absolute Gasteiger partial charge is 0.398 e. The van der Waals surface area contributed by atoms with E-state index in [1.807, 2.05) is 0 Å². The fraction of sp³-hybridized carbons (Fsp3) is 0.500. The van der Waals surface area contributed by atoms with Crippen LogP contribution in [0, 0.1) is 0 Å². The first-order valence-electron chi connectivity index (χ1n) is 5.60. The summed E-state index contributed by atoms with van der Waals surface area (Å²) in [6, 6.07) is 6.93. The van der Waals surface area contributed by atoms with Gasteiger partial charge >= 0.3 is 0 Å². The number of rotatable bonds is 6. The van der Waals surface area contributed by atoms with E-state index in [-0.39, 0.29) is 5.75 Å². The summed E-state index contributed by atoms with van der Waals surface area (Å²) < 4.78 is 31.6. The molecule has 0 aliphatic heterocycles. The SMILES string of the molecule is COCC(C)(C)NS(=O)(=O)Cc1ccccc1N. The second kappa shape index (κ2) is 5.69. The molecule has 3 N–H and O–H groups in total. The van der Waals surface area contributed by atoms with Crippen molar-refractivity contribution in [1.29, 1.82) is 0 Å². The Hall–Kier alpha value is -1.11. The fourth-order valence-corrected chi connectivity index (χ4v) is 3.36. The second-order valence-corrected chi connectivity index (χ2v) is 6.60. The summed E-state index contributed by atoms with van der Waals surface area (Å²) in [4.78, 5) is 0. The number of benzene rings is 1. The van der Waals surface area contributed by atoms with E-state index in [0.29, 0.717) is 17.9 Å². The minimum atomic E-state index is -3.45. The standard InChI is InChI=1S/C12H20N2O3S/c1-12(2,9-17-3)14-18(15,16)8-10-6-4-5-7-11(10)13/h4-7,14H,8-9,13H2,1-3H3. The number of hydrogen-bond acceptors (Lipinski definition) is 4. The lowest BCUT2D eigenvalue weighted by Gasteiger charge is -2.25. The number of hydrogen-bond donors (Lipinski definition) is 2. The van der Waals surface area contributed by atoms with Crippen LogP contribution in [-0.4, -0.2) is 27.7 Å². The molecular formula is C12H20N2O3S. The maximum absolute atomic E-state index is 12.0. The van der Waals surface area contributed by atoms with Gasteiger partial charge in [-0.05, 0) is 25.5 Å². The zero-order valence-corrected chi connectivity index (χ0v) is 11.8. The third kappa shape index (κ3) is 4.64. The molecule has 6 heteroatoms. The number of nitrogens with two attached hydrogens (primary N) is 1. The molecule has 0 fully saturated rings. The van der Waals surface area contributed by atoms with Crippen molar-refractivity contribution in [2.24, 2.45) is 0 Å². The van der Waals surface area contributed by atoms with Crippen molar-refractivity contribution in [2.75, 3.05) is 19.5 Å². The molecule has 0 atom stereocenters. The van der Waals surface area contributed by atoms with E-state index in [4.69, 9.17) is 10.5 Å². The average Bonchev–Trinajstić information content (AvgIpc) is 2.19. The maximum Gasteiger partial charge on any atom is 0.216 e. The van der Waals surface area contributed by atoms with Crippen LogP contribution in [0.4, 0.5) is 5.69 Å². The maximum atomic E-state index is 12.0. The molecule has 0 unspecified atom stereocenters. The zero-order chi connectivity index (χ0) is 13.8. The quantitative estimate of drug-likeness (QED) is 0.760. The van der Waals surface area contributed by atoms with Crippen LogP contribution in [0.15, 0.2) is 24.3 Å². The van der Waals surface area contributed by atoms with Gasteiger partial charge in [0.05, 0.1) is 17.9 Å². The van der Waals surface area contributed by atoms with Gasteiger partial charge in [-0.1, -0.05) is 18.2 Å². The van der Waals surface area contributed by atoms with Gasteiger partial charge in [0.2, 0.25) is 10.0 Å². The number of nitrogen functional groups attached to an aromatic ring is 1. The molecule has 1 aromatic rings. The highest BCUT2D eigenvalue weighted by Gasteiger charge is 2.25. The van der Waals surface area contributed by atoms with Crippen LogP contribution in [0.25, 0.3) is 0 Å². The van der Waals surface area contributed by atoms with Crippen LogP contribution in [0.2, 0.25) is 0 Å². The predicted molar refractivity (Wildman–Crippen MR) is 72.6 cm³/mol. The Kier molecular flexibility index (Phi) is 4.72. The highest BCUT2D eigenvalue weighted by molar-refractivity contribution is 7.88. The van der Waals surface area contributed by atoms with Gasteiger partial charge in [-0.2, -0.15) is 0 Å². The summed E-state index contributed by atoms with van der Waals surface area (Å²) in [7, 11) is -1.91. The Morgan fingerprint density at radius 1 is 1.33 bits per heavy atom. The summed E-state index contributed by atoms with van der Waals surface area (Å²) in [5.74, 6) is -0.132. The van der Waals surface area contributed by atoms with E-state index in [1.165, 1.54) is 7.11 Å². The molecule has 102 valence electrons. The number of ether oxygens (including phenoxy) is 1. The molecule has 1 aromatic carbocycles. The molecule has 0 aliphatic carbocycles. The summed E-state index contributed by atoms with van der Waals surface area (Å²) in [5.41, 5.74) is 6.17. The summed E-state index contributed by atoms with van der Waals surface area (Å²) in [6.07, 6.45) is 0. The van der Waals surface area contributed by atoms with Gasteiger partial charge in [0.1, 0.15) is 0 Å². The predicted octanol–water partition coefficient (Wildman–Crippen LogP) is 1.11. The Bertz CT molecular complexity index is 498. The van der Waals surface area contributed by atoms with E-state index in [9.17, 15) is 8.42 Å². The summed E-state index contributed by atoms with van der Waals surface area (Å²) in [6.45, 7) is 3.83. The monoisotopic (exact) mass is 272 g/mol. The third-order valence-electron chi connectivity index (χ3n) is 2.34. The molecule has 0 aliphatic rings. The van der Waals surface area contributed by atoms with Crippen molar-refractivity contribution < 1.29 is 13.2 Å². The summed E-state index contributed by atoms with van der Waals surface area (Å²) in [5, 5.41) is 0. The number of nitrogens with one attached hydrogen (secondary N) is 1. The lowest BCUT2D eigenvalue weighted by Crippen LogP contribution is -2.47. The first kappa shape index (κ1) is 14.9. The Morgan fingerprint density at radius 2 is 1.94 bits per heavy atom. The molecule has 0 radical (unpaired) electrons. The highest BCUT2D eigenvalue weighted by atomic mass is 32.2. The topological polar surface area (TPSA) is 81.4 Å². The first-order valence-corrected chi connectivity index (χ1v) is 7.25. The van der Waals surface area contributed by atoms with Gasteiger partial charge in [0.25, 0.3) is 0 Å². The van der Waals surface area contributed by atoms with E-state index in [1.54, 1.807) is 38.1 Å². The molecule has 0 saturated heterocycles. The van der Waals surface area contributed by atoms with Crippen LogP contribution < -0.4 is 10.5 Å². The van der Waals surface area contributed by atoms with Crippen LogP contribution >= 0.6 is 0 Å². The van der Waals surface area contributed by atoms with Gasteiger partial charge in [0.15, 0.2) is 0 Å². The molecule has 1 rings (SSSR count). The first-order chi connectivity index (χ1) is 8.26. The van der Waals surface area contributed by atoms with Crippen molar-refractivity contribution in [1.82, 2.24) is 4.72 Å². The van der Waals surface area contributed by atoms with Crippen molar-refractivity contribution in [3.63, 3.8) is 0 Å². The number of sulfonamides is 1.